The van der Waals surface area contributed by atoms with E-state index in [1.54, 1.807) is 18.3 Å². The Morgan fingerprint density at radius 3 is 2.64 bits per heavy atom. The lowest BCUT2D eigenvalue weighted by Gasteiger charge is -2.20. The van der Waals surface area contributed by atoms with E-state index >= 15 is 0 Å². The molecule has 7 nitrogen and oxygen atoms in total. The molecule has 8 heteroatoms. The van der Waals surface area contributed by atoms with Gasteiger partial charge in [-0.3, -0.25) is 15.5 Å². The fourth-order valence-corrected chi connectivity index (χ4v) is 3.43. The topological polar surface area (TPSA) is 83.7 Å². The number of nitro benzene ring substituents is 1. The van der Waals surface area contributed by atoms with E-state index in [4.69, 9.17) is 0 Å². The number of hydrogen-bond donors (Lipinski definition) is 1. The zero-order valence-corrected chi connectivity index (χ0v) is 16.5. The van der Waals surface area contributed by atoms with Gasteiger partial charge in [0.25, 0.3) is 5.69 Å². The van der Waals surface area contributed by atoms with Crippen molar-refractivity contribution in [3.8, 4) is 11.3 Å². The van der Waals surface area contributed by atoms with E-state index in [0.717, 1.165) is 18.7 Å². The first-order chi connectivity index (χ1) is 13.6. The average Bonchev–Trinajstić information content (AvgIpc) is 3.19. The molecule has 0 bridgehead atoms. The van der Waals surface area contributed by atoms with E-state index < -0.39 is 4.92 Å². The van der Waals surface area contributed by atoms with E-state index in [-0.39, 0.29) is 5.69 Å². The molecule has 0 aliphatic carbocycles. The molecule has 0 saturated heterocycles. The van der Waals surface area contributed by atoms with Gasteiger partial charge in [0.1, 0.15) is 0 Å². The van der Waals surface area contributed by atoms with Crippen molar-refractivity contribution in [2.75, 3.05) is 23.4 Å². The van der Waals surface area contributed by atoms with Crippen LogP contribution in [0.4, 0.5) is 16.5 Å². The quantitative estimate of drug-likeness (QED) is 0.329. The predicted octanol–water partition coefficient (Wildman–Crippen LogP) is 5.01. The fourth-order valence-electron chi connectivity index (χ4n) is 2.76. The molecule has 3 aromatic rings. The number of thiazole rings is 1. The lowest BCUT2D eigenvalue weighted by molar-refractivity contribution is -0.384. The number of benzene rings is 2. The third kappa shape index (κ3) is 4.72. The van der Waals surface area contributed by atoms with Crippen LogP contribution in [0.15, 0.2) is 59.0 Å². The van der Waals surface area contributed by atoms with Gasteiger partial charge < -0.3 is 4.90 Å². The van der Waals surface area contributed by atoms with Crippen molar-refractivity contribution in [2.45, 2.75) is 13.8 Å². The van der Waals surface area contributed by atoms with Crippen molar-refractivity contribution in [2.24, 2.45) is 5.10 Å². The lowest BCUT2D eigenvalue weighted by Crippen LogP contribution is -2.21. The summed E-state index contributed by atoms with van der Waals surface area (Å²) in [5.74, 6) is 0. The molecule has 2 aromatic carbocycles. The SMILES string of the molecule is CCN(CC)c1ccc(/C=N/Nc2nc(-c3cccc([N+](=O)[O-])c3)cs2)cc1. The zero-order valence-electron chi connectivity index (χ0n) is 15.7. The molecule has 28 heavy (non-hydrogen) atoms. The second kappa shape index (κ2) is 9.09. The molecule has 0 atom stereocenters. The van der Waals surface area contributed by atoms with Gasteiger partial charge >= 0.3 is 0 Å². The largest absolute Gasteiger partial charge is 0.372 e. The molecule has 0 radical (unpaired) electrons. The summed E-state index contributed by atoms with van der Waals surface area (Å²) in [7, 11) is 0. The molecule has 0 spiro atoms. The summed E-state index contributed by atoms with van der Waals surface area (Å²) in [5.41, 5.74) is 6.52. The van der Waals surface area contributed by atoms with Crippen molar-refractivity contribution in [1.82, 2.24) is 4.98 Å². The van der Waals surface area contributed by atoms with Gasteiger partial charge in [-0.15, -0.1) is 11.3 Å². The molecular formula is C20H21N5O2S. The van der Waals surface area contributed by atoms with Crippen LogP contribution in [-0.2, 0) is 0 Å². The molecule has 3 rings (SSSR count). The van der Waals surface area contributed by atoms with E-state index in [2.05, 4.69) is 46.4 Å². The van der Waals surface area contributed by atoms with Crippen LogP contribution >= 0.6 is 11.3 Å². The van der Waals surface area contributed by atoms with Gasteiger partial charge in [-0.2, -0.15) is 5.10 Å². The molecule has 0 unspecified atom stereocenters. The van der Waals surface area contributed by atoms with Gasteiger partial charge in [0.2, 0.25) is 5.13 Å². The Hall–Kier alpha value is -3.26. The first kappa shape index (κ1) is 19.5. The molecule has 1 heterocycles. The Morgan fingerprint density at radius 2 is 1.96 bits per heavy atom. The number of anilines is 2. The molecule has 0 aliphatic heterocycles. The summed E-state index contributed by atoms with van der Waals surface area (Å²) in [5, 5.41) is 17.6. The highest BCUT2D eigenvalue weighted by molar-refractivity contribution is 7.14. The monoisotopic (exact) mass is 395 g/mol. The normalized spacial score (nSPS) is 10.9. The molecule has 0 fully saturated rings. The van der Waals surface area contributed by atoms with Gasteiger partial charge in [0, 0.05) is 41.9 Å². The number of nitro groups is 1. The Kier molecular flexibility index (Phi) is 6.33. The number of hydrogen-bond acceptors (Lipinski definition) is 7. The van der Waals surface area contributed by atoms with Crippen molar-refractivity contribution >= 4 is 34.1 Å². The Morgan fingerprint density at radius 1 is 1.21 bits per heavy atom. The summed E-state index contributed by atoms with van der Waals surface area (Å²) in [6.45, 7) is 6.22. The van der Waals surface area contributed by atoms with Gasteiger partial charge in [0.15, 0.2) is 0 Å². The van der Waals surface area contributed by atoms with E-state index in [9.17, 15) is 10.1 Å². The van der Waals surface area contributed by atoms with Crippen LogP contribution in [0.5, 0.6) is 0 Å². The first-order valence-electron chi connectivity index (χ1n) is 8.95. The Bertz CT molecular complexity index is 965. The van der Waals surface area contributed by atoms with Gasteiger partial charge in [-0.25, -0.2) is 4.98 Å². The third-order valence-electron chi connectivity index (χ3n) is 4.25. The molecule has 0 aliphatic rings. The van der Waals surface area contributed by atoms with Gasteiger partial charge in [-0.05, 0) is 31.5 Å². The highest BCUT2D eigenvalue weighted by Gasteiger charge is 2.09. The van der Waals surface area contributed by atoms with Crippen LogP contribution in [-0.4, -0.2) is 29.2 Å². The third-order valence-corrected chi connectivity index (χ3v) is 5.00. The summed E-state index contributed by atoms with van der Waals surface area (Å²) in [6, 6.07) is 14.6. The Labute approximate surface area is 167 Å². The molecule has 0 amide bonds. The van der Waals surface area contributed by atoms with E-state index in [0.29, 0.717) is 16.4 Å². The zero-order chi connectivity index (χ0) is 19.9. The van der Waals surface area contributed by atoms with Crippen molar-refractivity contribution in [3.05, 3.63) is 69.6 Å². The van der Waals surface area contributed by atoms with Crippen molar-refractivity contribution < 1.29 is 4.92 Å². The van der Waals surface area contributed by atoms with Crippen LogP contribution in [0.3, 0.4) is 0 Å². The van der Waals surface area contributed by atoms with E-state index in [1.807, 2.05) is 17.5 Å². The number of nitrogens with one attached hydrogen (secondary N) is 1. The van der Waals surface area contributed by atoms with Crippen LogP contribution in [0.1, 0.15) is 19.4 Å². The van der Waals surface area contributed by atoms with Gasteiger partial charge in [0.05, 0.1) is 16.8 Å². The maximum Gasteiger partial charge on any atom is 0.270 e. The Balaban J connectivity index is 1.64. The second-order valence-corrected chi connectivity index (χ2v) is 6.84. The van der Waals surface area contributed by atoms with Crippen LogP contribution < -0.4 is 10.3 Å². The van der Waals surface area contributed by atoms with Crippen molar-refractivity contribution in [1.29, 1.82) is 0 Å². The lowest BCUT2D eigenvalue weighted by atomic mass is 10.1. The molecule has 1 aromatic heterocycles. The summed E-state index contributed by atoms with van der Waals surface area (Å²) < 4.78 is 0. The molecule has 144 valence electrons. The first-order valence-corrected chi connectivity index (χ1v) is 9.83. The number of non-ortho nitro benzene ring substituents is 1. The number of rotatable bonds is 8. The number of nitrogens with zero attached hydrogens (tertiary/aromatic N) is 4. The molecular weight excluding hydrogens is 374 g/mol. The highest BCUT2D eigenvalue weighted by Crippen LogP contribution is 2.27. The number of aromatic nitrogens is 1. The standard InChI is InChI=1S/C20H21N5O2S/c1-3-24(4-2)17-10-8-15(9-11-17)13-21-23-20-22-19(14-28-20)16-6-5-7-18(12-16)25(26)27/h5-14H,3-4H2,1-2H3,(H,22,23)/b21-13+. The van der Waals surface area contributed by atoms with E-state index in [1.165, 1.54) is 29.2 Å². The minimum Gasteiger partial charge on any atom is -0.372 e. The van der Waals surface area contributed by atoms with Crippen LogP contribution in [0, 0.1) is 10.1 Å². The average molecular weight is 395 g/mol. The number of hydrazone groups is 1. The van der Waals surface area contributed by atoms with Crippen LogP contribution in [0.25, 0.3) is 11.3 Å². The summed E-state index contributed by atoms with van der Waals surface area (Å²) in [6.07, 6.45) is 1.74. The minimum absolute atomic E-state index is 0.0474. The van der Waals surface area contributed by atoms with Gasteiger partial charge in [-0.1, -0.05) is 24.3 Å². The summed E-state index contributed by atoms with van der Waals surface area (Å²) in [4.78, 5) is 17.2. The smallest absolute Gasteiger partial charge is 0.270 e. The van der Waals surface area contributed by atoms with Crippen molar-refractivity contribution in [3.63, 3.8) is 0 Å². The highest BCUT2D eigenvalue weighted by atomic mass is 32.1. The second-order valence-electron chi connectivity index (χ2n) is 5.98. The maximum atomic E-state index is 10.9. The molecule has 1 N–H and O–H groups in total. The predicted molar refractivity (Wildman–Crippen MR) is 115 cm³/mol. The summed E-state index contributed by atoms with van der Waals surface area (Å²) >= 11 is 1.39. The fraction of sp³-hybridized carbons (Fsp3) is 0.200. The maximum absolute atomic E-state index is 10.9. The minimum atomic E-state index is -0.412. The molecule has 0 saturated carbocycles. The van der Waals surface area contributed by atoms with Crippen LogP contribution in [0.2, 0.25) is 0 Å².